The fraction of sp³-hybridized carbons (Fsp3) is 0.167. The molecule has 0 amide bonds. The largest absolute Gasteiger partial charge is 0.425 e. The SMILES string of the molecule is C=C(C)C(=O)OCOC(=O)c1ccccc1-c1ccccc1C(=O)OCOC(=O)C(=C)C. The summed E-state index contributed by atoms with van der Waals surface area (Å²) in [6, 6.07) is 12.9. The molecule has 0 saturated heterocycles. The van der Waals surface area contributed by atoms with Crippen LogP contribution in [-0.4, -0.2) is 37.5 Å². The lowest BCUT2D eigenvalue weighted by Crippen LogP contribution is -2.15. The second kappa shape index (κ2) is 11.3. The summed E-state index contributed by atoms with van der Waals surface area (Å²) in [6.45, 7) is 8.64. The van der Waals surface area contributed by atoms with E-state index in [1.54, 1.807) is 36.4 Å². The number of benzene rings is 2. The van der Waals surface area contributed by atoms with Crippen molar-refractivity contribution in [2.45, 2.75) is 13.8 Å². The van der Waals surface area contributed by atoms with Gasteiger partial charge >= 0.3 is 23.9 Å². The van der Waals surface area contributed by atoms with Crippen LogP contribution in [0.2, 0.25) is 0 Å². The highest BCUT2D eigenvalue weighted by Crippen LogP contribution is 2.28. The lowest BCUT2D eigenvalue weighted by molar-refractivity contribution is -0.148. The Morgan fingerprint density at radius 3 is 1.31 bits per heavy atom. The third-order valence-electron chi connectivity index (χ3n) is 4.04. The number of rotatable bonds is 9. The van der Waals surface area contributed by atoms with Crippen LogP contribution >= 0.6 is 0 Å². The van der Waals surface area contributed by atoms with Crippen molar-refractivity contribution in [2.24, 2.45) is 0 Å². The minimum Gasteiger partial charge on any atom is -0.425 e. The molecule has 8 heteroatoms. The van der Waals surface area contributed by atoms with E-state index in [1.807, 2.05) is 0 Å². The maximum Gasteiger partial charge on any atom is 0.341 e. The smallest absolute Gasteiger partial charge is 0.341 e. The predicted molar refractivity (Wildman–Crippen MR) is 114 cm³/mol. The second-order valence-electron chi connectivity index (χ2n) is 6.61. The van der Waals surface area contributed by atoms with E-state index < -0.39 is 37.5 Å². The summed E-state index contributed by atoms with van der Waals surface area (Å²) in [5.74, 6) is -2.89. The summed E-state index contributed by atoms with van der Waals surface area (Å²) in [7, 11) is 0. The monoisotopic (exact) mass is 438 g/mol. The van der Waals surface area contributed by atoms with Crippen molar-refractivity contribution in [1.82, 2.24) is 0 Å². The molecule has 0 unspecified atom stereocenters. The molecule has 32 heavy (non-hydrogen) atoms. The Morgan fingerprint density at radius 1 is 0.625 bits per heavy atom. The average Bonchev–Trinajstić information content (AvgIpc) is 2.78. The molecule has 8 nitrogen and oxygen atoms in total. The third-order valence-corrected chi connectivity index (χ3v) is 4.04. The molecular formula is C24H22O8. The van der Waals surface area contributed by atoms with Crippen molar-refractivity contribution >= 4 is 23.9 Å². The van der Waals surface area contributed by atoms with Gasteiger partial charge < -0.3 is 18.9 Å². The first-order valence-corrected chi connectivity index (χ1v) is 9.40. The van der Waals surface area contributed by atoms with E-state index in [2.05, 4.69) is 13.2 Å². The van der Waals surface area contributed by atoms with Gasteiger partial charge in [0.1, 0.15) is 0 Å². The van der Waals surface area contributed by atoms with Gasteiger partial charge in [0.25, 0.3) is 0 Å². The van der Waals surface area contributed by atoms with Crippen molar-refractivity contribution in [2.75, 3.05) is 13.6 Å². The molecule has 2 rings (SSSR count). The number of esters is 4. The van der Waals surface area contributed by atoms with Crippen molar-refractivity contribution in [3.05, 3.63) is 84.0 Å². The molecular weight excluding hydrogens is 416 g/mol. The number of hydrogen-bond acceptors (Lipinski definition) is 8. The standard InChI is InChI=1S/C24H22O8/c1-15(2)21(25)29-13-31-23(27)19-11-7-5-9-17(19)18-10-6-8-12-20(18)24(28)32-14-30-22(26)16(3)4/h5-12H,1,3,13-14H2,2,4H3. The van der Waals surface area contributed by atoms with Gasteiger partial charge in [-0.3, -0.25) is 0 Å². The Kier molecular flexibility index (Phi) is 8.47. The van der Waals surface area contributed by atoms with Crippen LogP contribution in [0, 0.1) is 0 Å². The molecule has 2 aromatic carbocycles. The van der Waals surface area contributed by atoms with Crippen molar-refractivity contribution in [3.8, 4) is 11.1 Å². The summed E-state index contributed by atoms with van der Waals surface area (Å²) in [5.41, 5.74) is 1.43. The molecule has 0 aliphatic carbocycles. The summed E-state index contributed by atoms with van der Waals surface area (Å²) in [6.07, 6.45) is 0. The number of carbonyl (C=O) groups is 4. The van der Waals surface area contributed by atoms with Gasteiger partial charge in [-0.1, -0.05) is 49.6 Å². The van der Waals surface area contributed by atoms with Crippen molar-refractivity contribution in [1.29, 1.82) is 0 Å². The topological polar surface area (TPSA) is 105 Å². The molecule has 166 valence electrons. The summed E-state index contributed by atoms with van der Waals surface area (Å²) < 4.78 is 19.6. The van der Waals surface area contributed by atoms with E-state index in [9.17, 15) is 19.2 Å². The van der Waals surface area contributed by atoms with E-state index in [4.69, 9.17) is 18.9 Å². The van der Waals surface area contributed by atoms with Crippen LogP contribution in [0.25, 0.3) is 11.1 Å². The van der Waals surface area contributed by atoms with E-state index in [1.165, 1.54) is 26.0 Å². The highest BCUT2D eigenvalue weighted by molar-refractivity contribution is 6.03. The molecule has 0 saturated carbocycles. The maximum absolute atomic E-state index is 12.6. The van der Waals surface area contributed by atoms with Crippen molar-refractivity contribution in [3.63, 3.8) is 0 Å². The quantitative estimate of drug-likeness (QED) is 0.331. The fourth-order valence-corrected chi connectivity index (χ4v) is 2.47. The summed E-state index contributed by atoms with van der Waals surface area (Å²) in [5, 5.41) is 0. The zero-order valence-electron chi connectivity index (χ0n) is 17.7. The molecule has 0 N–H and O–H groups in total. The lowest BCUT2D eigenvalue weighted by atomic mass is 9.95. The molecule has 0 radical (unpaired) electrons. The Morgan fingerprint density at radius 2 is 0.969 bits per heavy atom. The molecule has 0 aliphatic heterocycles. The highest BCUT2D eigenvalue weighted by atomic mass is 16.7. The summed E-state index contributed by atoms with van der Waals surface area (Å²) >= 11 is 0. The van der Waals surface area contributed by atoms with Gasteiger partial charge in [0, 0.05) is 11.1 Å². The van der Waals surface area contributed by atoms with Crippen LogP contribution in [0.3, 0.4) is 0 Å². The van der Waals surface area contributed by atoms with Crippen LogP contribution in [0.15, 0.2) is 72.8 Å². The Bertz CT molecular complexity index is 982. The fourth-order valence-electron chi connectivity index (χ4n) is 2.47. The Hall–Kier alpha value is -4.20. The zero-order valence-corrected chi connectivity index (χ0v) is 17.7. The Balaban J connectivity index is 2.21. The van der Waals surface area contributed by atoms with Gasteiger partial charge in [-0.05, 0) is 37.1 Å². The predicted octanol–water partition coefficient (Wildman–Crippen LogP) is 3.82. The molecule has 0 atom stereocenters. The van der Waals surface area contributed by atoms with Crippen LogP contribution in [0.4, 0.5) is 0 Å². The maximum atomic E-state index is 12.6. The van der Waals surface area contributed by atoms with Crippen LogP contribution < -0.4 is 0 Å². The molecule has 0 heterocycles. The van der Waals surface area contributed by atoms with E-state index in [0.717, 1.165) is 0 Å². The molecule has 0 spiro atoms. The van der Waals surface area contributed by atoms with E-state index in [0.29, 0.717) is 11.1 Å². The third kappa shape index (κ3) is 6.40. The number of hydrogen-bond donors (Lipinski definition) is 0. The van der Waals surface area contributed by atoms with Gasteiger partial charge in [-0.2, -0.15) is 0 Å². The molecule has 0 bridgehead atoms. The van der Waals surface area contributed by atoms with Gasteiger partial charge in [0.15, 0.2) is 0 Å². The highest BCUT2D eigenvalue weighted by Gasteiger charge is 2.20. The van der Waals surface area contributed by atoms with Crippen LogP contribution in [0.1, 0.15) is 34.6 Å². The van der Waals surface area contributed by atoms with Crippen LogP contribution in [-0.2, 0) is 28.5 Å². The van der Waals surface area contributed by atoms with E-state index in [-0.39, 0.29) is 22.3 Å². The first-order chi connectivity index (χ1) is 15.2. The first kappa shape index (κ1) is 24.1. The number of ether oxygens (including phenoxy) is 4. The van der Waals surface area contributed by atoms with Crippen LogP contribution in [0.5, 0.6) is 0 Å². The molecule has 0 aliphatic rings. The minimum absolute atomic E-state index is 0.146. The number of carbonyl (C=O) groups excluding carboxylic acids is 4. The zero-order chi connectivity index (χ0) is 23.7. The van der Waals surface area contributed by atoms with Gasteiger partial charge in [-0.25, -0.2) is 19.2 Å². The molecule has 2 aromatic rings. The molecule has 0 fully saturated rings. The second-order valence-corrected chi connectivity index (χ2v) is 6.61. The summed E-state index contributed by atoms with van der Waals surface area (Å²) in [4.78, 5) is 48.0. The van der Waals surface area contributed by atoms with Gasteiger partial charge in [-0.15, -0.1) is 0 Å². The van der Waals surface area contributed by atoms with Gasteiger partial charge in [0.2, 0.25) is 13.6 Å². The van der Waals surface area contributed by atoms with E-state index >= 15 is 0 Å². The molecule has 0 aromatic heterocycles. The average molecular weight is 438 g/mol. The van der Waals surface area contributed by atoms with Crippen molar-refractivity contribution < 1.29 is 38.1 Å². The minimum atomic E-state index is -0.756. The first-order valence-electron chi connectivity index (χ1n) is 9.40. The Labute approximate surface area is 185 Å². The lowest BCUT2D eigenvalue weighted by Gasteiger charge is -2.13. The van der Waals surface area contributed by atoms with Gasteiger partial charge in [0.05, 0.1) is 11.1 Å². The normalized spacial score (nSPS) is 9.94.